The van der Waals surface area contributed by atoms with Gasteiger partial charge in [0.25, 0.3) is 0 Å². The maximum atomic E-state index is 13.5. The number of nitrogens with zero attached hydrogens (tertiary/aromatic N) is 1. The van der Waals surface area contributed by atoms with Gasteiger partial charge in [-0.2, -0.15) is 0 Å². The lowest BCUT2D eigenvalue weighted by atomic mass is 10.1. The minimum atomic E-state index is -0.584. The minimum Gasteiger partial charge on any atom is -0.462 e. The molecule has 1 aromatic heterocycles. The second-order valence-electron chi connectivity index (χ2n) is 4.42. The van der Waals surface area contributed by atoms with Crippen LogP contribution >= 0.6 is 0 Å². The molecule has 0 atom stereocenters. The number of carbonyl (C=O) groups is 1. The van der Waals surface area contributed by atoms with Gasteiger partial charge in [-0.3, -0.25) is 4.98 Å². The van der Waals surface area contributed by atoms with Crippen molar-refractivity contribution in [2.75, 3.05) is 12.3 Å². The number of hydrogen-bond donors (Lipinski definition) is 1. The van der Waals surface area contributed by atoms with Crippen LogP contribution in [-0.2, 0) is 11.2 Å². The number of carbonyl (C=O) groups excluding carboxylic acids is 1. The van der Waals surface area contributed by atoms with Crippen LogP contribution in [0.3, 0.4) is 0 Å². The molecule has 0 spiro atoms. The smallest absolute Gasteiger partial charge is 0.338 e. The predicted molar refractivity (Wildman–Crippen MR) is 73.8 cm³/mol. The third kappa shape index (κ3) is 3.32. The molecule has 5 heteroatoms. The molecule has 0 amide bonds. The van der Waals surface area contributed by atoms with Crippen LogP contribution in [0.25, 0.3) is 0 Å². The fourth-order valence-corrected chi connectivity index (χ4v) is 1.71. The first-order valence-corrected chi connectivity index (χ1v) is 6.19. The number of halogens is 1. The molecule has 2 rings (SSSR count). The molecule has 1 heterocycles. The molecule has 0 saturated heterocycles. The van der Waals surface area contributed by atoms with Crippen molar-refractivity contribution < 1.29 is 13.9 Å². The topological polar surface area (TPSA) is 65.2 Å². The first-order chi connectivity index (χ1) is 9.58. The van der Waals surface area contributed by atoms with E-state index in [2.05, 4.69) is 4.98 Å². The molecule has 0 aliphatic rings. The van der Waals surface area contributed by atoms with E-state index in [0.29, 0.717) is 12.0 Å². The third-order valence-corrected chi connectivity index (χ3v) is 2.97. The highest BCUT2D eigenvalue weighted by molar-refractivity contribution is 5.90. The second-order valence-corrected chi connectivity index (χ2v) is 4.42. The van der Waals surface area contributed by atoms with E-state index in [1.807, 2.05) is 12.1 Å². The number of anilines is 1. The molecular weight excluding hydrogens is 259 g/mol. The van der Waals surface area contributed by atoms with Crippen molar-refractivity contribution in [3.05, 3.63) is 59.2 Å². The summed E-state index contributed by atoms with van der Waals surface area (Å²) in [6.45, 7) is 1.77. The van der Waals surface area contributed by atoms with Crippen LogP contribution in [0.1, 0.15) is 21.5 Å². The number of ether oxygens (including phenoxy) is 1. The Morgan fingerprint density at radius 1 is 1.45 bits per heavy atom. The van der Waals surface area contributed by atoms with Crippen molar-refractivity contribution in [3.8, 4) is 0 Å². The molecule has 0 saturated carbocycles. The van der Waals surface area contributed by atoms with Crippen LogP contribution in [0.5, 0.6) is 0 Å². The first-order valence-electron chi connectivity index (χ1n) is 6.19. The lowest BCUT2D eigenvalue weighted by molar-refractivity contribution is 0.0508. The first kappa shape index (κ1) is 14.0. The van der Waals surface area contributed by atoms with Crippen molar-refractivity contribution in [1.82, 2.24) is 4.98 Å². The van der Waals surface area contributed by atoms with E-state index in [9.17, 15) is 9.18 Å². The zero-order valence-electron chi connectivity index (χ0n) is 11.1. The van der Waals surface area contributed by atoms with Crippen LogP contribution in [0.4, 0.5) is 10.1 Å². The number of benzene rings is 1. The summed E-state index contributed by atoms with van der Waals surface area (Å²) in [7, 11) is 0. The van der Waals surface area contributed by atoms with Crippen LogP contribution < -0.4 is 5.73 Å². The molecule has 0 radical (unpaired) electrons. The Labute approximate surface area is 116 Å². The van der Waals surface area contributed by atoms with Crippen LogP contribution in [0.15, 0.2) is 36.7 Å². The lowest BCUT2D eigenvalue weighted by Crippen LogP contribution is -2.10. The second kappa shape index (κ2) is 6.14. The highest BCUT2D eigenvalue weighted by Crippen LogP contribution is 2.18. The van der Waals surface area contributed by atoms with Gasteiger partial charge in [-0.25, -0.2) is 9.18 Å². The molecule has 0 bridgehead atoms. The van der Waals surface area contributed by atoms with Crippen molar-refractivity contribution in [2.24, 2.45) is 0 Å². The summed E-state index contributed by atoms with van der Waals surface area (Å²) in [5, 5.41) is 0. The van der Waals surface area contributed by atoms with Gasteiger partial charge in [0.05, 0.1) is 12.2 Å². The Morgan fingerprint density at radius 3 is 2.90 bits per heavy atom. The van der Waals surface area contributed by atoms with Gasteiger partial charge < -0.3 is 10.5 Å². The van der Waals surface area contributed by atoms with Gasteiger partial charge in [-0.15, -0.1) is 0 Å². The predicted octanol–water partition coefficient (Wildman–Crippen LogP) is 2.51. The number of rotatable bonds is 4. The summed E-state index contributed by atoms with van der Waals surface area (Å²) in [5.41, 5.74) is 7.28. The molecule has 0 fully saturated rings. The Balaban J connectivity index is 1.95. The van der Waals surface area contributed by atoms with Crippen LogP contribution in [0.2, 0.25) is 0 Å². The highest BCUT2D eigenvalue weighted by atomic mass is 19.1. The van der Waals surface area contributed by atoms with Crippen molar-refractivity contribution in [1.29, 1.82) is 0 Å². The molecule has 0 unspecified atom stereocenters. The van der Waals surface area contributed by atoms with Gasteiger partial charge in [-0.1, -0.05) is 6.07 Å². The van der Waals surface area contributed by atoms with Gasteiger partial charge in [0.15, 0.2) is 0 Å². The number of nitrogen functional groups attached to an aromatic ring is 1. The molecule has 0 aliphatic heterocycles. The van der Waals surface area contributed by atoms with Gasteiger partial charge in [0, 0.05) is 30.1 Å². The van der Waals surface area contributed by atoms with E-state index in [4.69, 9.17) is 10.5 Å². The van der Waals surface area contributed by atoms with Crippen LogP contribution in [-0.4, -0.2) is 17.6 Å². The molecule has 104 valence electrons. The van der Waals surface area contributed by atoms with Crippen molar-refractivity contribution >= 4 is 11.7 Å². The fraction of sp³-hybridized carbons (Fsp3) is 0.200. The van der Waals surface area contributed by atoms with E-state index in [1.54, 1.807) is 19.3 Å². The van der Waals surface area contributed by atoms with Gasteiger partial charge in [0.2, 0.25) is 0 Å². The normalized spacial score (nSPS) is 10.3. The molecule has 4 nitrogen and oxygen atoms in total. The number of nitrogens with two attached hydrogens (primary N) is 1. The average molecular weight is 274 g/mol. The molecule has 1 aromatic carbocycles. The Hall–Kier alpha value is -2.43. The Morgan fingerprint density at radius 2 is 2.25 bits per heavy atom. The highest BCUT2D eigenvalue weighted by Gasteiger charge is 2.12. The van der Waals surface area contributed by atoms with Gasteiger partial charge in [-0.05, 0) is 30.7 Å². The van der Waals surface area contributed by atoms with E-state index in [1.165, 1.54) is 6.07 Å². The van der Waals surface area contributed by atoms with E-state index < -0.39 is 11.8 Å². The van der Waals surface area contributed by atoms with Gasteiger partial charge in [0.1, 0.15) is 5.82 Å². The van der Waals surface area contributed by atoms with Crippen molar-refractivity contribution in [2.45, 2.75) is 13.3 Å². The molecular formula is C15H15FN2O2. The largest absolute Gasteiger partial charge is 0.462 e. The summed E-state index contributed by atoms with van der Waals surface area (Å²) in [4.78, 5) is 15.8. The quantitative estimate of drug-likeness (QED) is 0.687. The Bertz CT molecular complexity index is 592. The minimum absolute atomic E-state index is 0.122. The molecule has 2 N–H and O–H groups in total. The average Bonchev–Trinajstić information content (AvgIpc) is 2.45. The van der Waals surface area contributed by atoms with Gasteiger partial charge >= 0.3 is 5.97 Å². The fourth-order valence-electron chi connectivity index (χ4n) is 1.71. The maximum Gasteiger partial charge on any atom is 0.338 e. The number of aromatic nitrogens is 1. The summed E-state index contributed by atoms with van der Waals surface area (Å²) in [6, 6.07) is 6.26. The van der Waals surface area contributed by atoms with Crippen LogP contribution in [0, 0.1) is 12.7 Å². The number of esters is 1. The lowest BCUT2D eigenvalue weighted by Gasteiger charge is -2.07. The molecule has 20 heavy (non-hydrogen) atoms. The standard InChI is InChI=1S/C15H15FN2O2/c1-10-13(16)7-12(8-14(10)17)15(19)20-6-4-11-3-2-5-18-9-11/h2-3,5,7-9H,4,6,17H2,1H3. The summed E-state index contributed by atoms with van der Waals surface area (Å²) < 4.78 is 18.6. The molecule has 2 aromatic rings. The SMILES string of the molecule is Cc1c(N)cc(C(=O)OCCc2cccnc2)cc1F. The zero-order valence-corrected chi connectivity index (χ0v) is 11.1. The monoisotopic (exact) mass is 274 g/mol. The zero-order chi connectivity index (χ0) is 14.5. The maximum absolute atomic E-state index is 13.5. The van der Waals surface area contributed by atoms with E-state index >= 15 is 0 Å². The number of hydrogen-bond acceptors (Lipinski definition) is 4. The van der Waals surface area contributed by atoms with E-state index in [-0.39, 0.29) is 17.9 Å². The summed E-state index contributed by atoms with van der Waals surface area (Å²) in [5.74, 6) is -1.09. The summed E-state index contributed by atoms with van der Waals surface area (Å²) in [6.07, 6.45) is 3.94. The number of pyridine rings is 1. The van der Waals surface area contributed by atoms with Crippen molar-refractivity contribution in [3.63, 3.8) is 0 Å². The summed E-state index contributed by atoms with van der Waals surface area (Å²) >= 11 is 0. The Kier molecular flexibility index (Phi) is 4.30. The molecule has 0 aliphatic carbocycles. The van der Waals surface area contributed by atoms with E-state index in [0.717, 1.165) is 11.6 Å². The third-order valence-electron chi connectivity index (χ3n) is 2.97.